The third-order valence-electron chi connectivity index (χ3n) is 2.70. The van der Waals surface area contributed by atoms with Gasteiger partial charge in [-0.25, -0.2) is 22.9 Å². The van der Waals surface area contributed by atoms with E-state index in [-0.39, 0.29) is 22.6 Å². The Labute approximate surface area is 129 Å². The van der Waals surface area contributed by atoms with Crippen LogP contribution in [0.4, 0.5) is 4.79 Å². The fourth-order valence-corrected chi connectivity index (χ4v) is 3.27. The molecular formula is C10H12BrClN4O3S. The molecule has 0 spiro atoms. The number of urea groups is 1. The minimum absolute atomic E-state index is 0.0136. The van der Waals surface area contributed by atoms with Gasteiger partial charge in [0.1, 0.15) is 10.0 Å². The van der Waals surface area contributed by atoms with Gasteiger partial charge in [0.2, 0.25) is 10.0 Å². The smallest absolute Gasteiger partial charge is 0.317 e. The summed E-state index contributed by atoms with van der Waals surface area (Å²) < 4.78 is 26.9. The number of nitrogens with zero attached hydrogens (tertiary/aromatic N) is 2. The van der Waals surface area contributed by atoms with E-state index in [4.69, 9.17) is 11.6 Å². The zero-order valence-electron chi connectivity index (χ0n) is 10.3. The predicted molar refractivity (Wildman–Crippen MR) is 77.1 cm³/mol. The number of nitrogens with one attached hydrogen (secondary N) is 2. The number of hydrogen-bond donors (Lipinski definition) is 2. The van der Waals surface area contributed by atoms with Crippen LogP contribution in [0.3, 0.4) is 0 Å². The number of carbonyl (C=O) groups is 1. The van der Waals surface area contributed by atoms with Gasteiger partial charge >= 0.3 is 6.03 Å². The fraction of sp³-hybridized carbons (Fsp3) is 0.400. The van der Waals surface area contributed by atoms with Crippen molar-refractivity contribution in [1.82, 2.24) is 19.9 Å². The van der Waals surface area contributed by atoms with Crippen LogP contribution in [0, 0.1) is 0 Å². The Morgan fingerprint density at radius 3 is 2.90 bits per heavy atom. The monoisotopic (exact) mass is 382 g/mol. The minimum atomic E-state index is -3.67. The molecule has 0 radical (unpaired) electrons. The highest BCUT2D eigenvalue weighted by molar-refractivity contribution is 9.10. The third kappa shape index (κ3) is 3.60. The molecule has 1 aliphatic heterocycles. The molecular weight excluding hydrogens is 372 g/mol. The van der Waals surface area contributed by atoms with Gasteiger partial charge in [-0.3, -0.25) is 0 Å². The molecule has 0 atom stereocenters. The lowest BCUT2D eigenvalue weighted by Crippen LogP contribution is -2.36. The lowest BCUT2D eigenvalue weighted by Gasteiger charge is -2.14. The number of halogens is 2. The number of aromatic nitrogens is 1. The van der Waals surface area contributed by atoms with Crippen LogP contribution in [0.15, 0.2) is 21.6 Å². The summed E-state index contributed by atoms with van der Waals surface area (Å²) in [6.07, 6.45) is 1.18. The molecule has 1 aromatic heterocycles. The summed E-state index contributed by atoms with van der Waals surface area (Å²) >= 11 is 8.83. The lowest BCUT2D eigenvalue weighted by molar-refractivity contribution is 0.218. The van der Waals surface area contributed by atoms with Crippen molar-refractivity contribution in [2.75, 3.05) is 26.2 Å². The fourth-order valence-electron chi connectivity index (χ4n) is 1.67. The first kappa shape index (κ1) is 15.5. The van der Waals surface area contributed by atoms with Crippen LogP contribution < -0.4 is 10.0 Å². The SMILES string of the molecule is O=C1NCCN1CCNS(=O)(=O)c1cnc(Cl)c(Br)c1. The van der Waals surface area contributed by atoms with Crippen molar-refractivity contribution >= 4 is 43.6 Å². The van der Waals surface area contributed by atoms with Crippen LogP contribution in [0.5, 0.6) is 0 Å². The summed E-state index contributed by atoms with van der Waals surface area (Å²) in [4.78, 5) is 16.6. The molecule has 2 rings (SSSR count). The molecule has 2 N–H and O–H groups in total. The van der Waals surface area contributed by atoms with Crippen LogP contribution in [0.1, 0.15) is 0 Å². The van der Waals surface area contributed by atoms with Crippen LogP contribution in [0.25, 0.3) is 0 Å². The van der Waals surface area contributed by atoms with Gasteiger partial charge < -0.3 is 10.2 Å². The largest absolute Gasteiger partial charge is 0.336 e. The van der Waals surface area contributed by atoms with Gasteiger partial charge in [-0.05, 0) is 22.0 Å². The molecule has 1 aliphatic rings. The van der Waals surface area contributed by atoms with Gasteiger partial charge in [-0.1, -0.05) is 11.6 Å². The lowest BCUT2D eigenvalue weighted by atomic mass is 10.5. The van der Waals surface area contributed by atoms with Gasteiger partial charge in [0, 0.05) is 32.4 Å². The molecule has 2 heterocycles. The first-order valence-electron chi connectivity index (χ1n) is 5.73. The minimum Gasteiger partial charge on any atom is -0.336 e. The zero-order valence-corrected chi connectivity index (χ0v) is 13.4. The Kier molecular flexibility index (Phi) is 4.84. The van der Waals surface area contributed by atoms with Crippen molar-refractivity contribution in [3.63, 3.8) is 0 Å². The van der Waals surface area contributed by atoms with Crippen molar-refractivity contribution in [3.8, 4) is 0 Å². The van der Waals surface area contributed by atoms with E-state index in [2.05, 4.69) is 31.0 Å². The maximum Gasteiger partial charge on any atom is 0.317 e. The summed E-state index contributed by atoms with van der Waals surface area (Å²) in [5.74, 6) is 0. The Morgan fingerprint density at radius 2 is 2.30 bits per heavy atom. The van der Waals surface area contributed by atoms with Gasteiger partial charge in [0.05, 0.1) is 4.47 Å². The van der Waals surface area contributed by atoms with Gasteiger partial charge in [0.25, 0.3) is 0 Å². The first-order chi connectivity index (χ1) is 9.40. The molecule has 0 aliphatic carbocycles. The van der Waals surface area contributed by atoms with Gasteiger partial charge in [-0.2, -0.15) is 0 Å². The normalized spacial score (nSPS) is 15.5. The molecule has 20 heavy (non-hydrogen) atoms. The van der Waals surface area contributed by atoms with Crippen molar-refractivity contribution in [2.24, 2.45) is 0 Å². The summed E-state index contributed by atoms with van der Waals surface area (Å²) in [6.45, 7) is 1.61. The average Bonchev–Trinajstić information content (AvgIpc) is 2.78. The van der Waals surface area contributed by atoms with Crippen LogP contribution in [-0.4, -0.2) is 50.5 Å². The quantitative estimate of drug-likeness (QED) is 0.736. The molecule has 0 saturated carbocycles. The maximum atomic E-state index is 12.0. The maximum absolute atomic E-state index is 12.0. The van der Waals surface area contributed by atoms with Crippen LogP contribution >= 0.6 is 27.5 Å². The van der Waals surface area contributed by atoms with E-state index in [1.54, 1.807) is 4.90 Å². The Hall–Kier alpha value is -0.900. The number of hydrogen-bond acceptors (Lipinski definition) is 4. The third-order valence-corrected chi connectivity index (χ3v) is 5.26. The van der Waals surface area contributed by atoms with E-state index < -0.39 is 10.0 Å². The van der Waals surface area contributed by atoms with E-state index in [9.17, 15) is 13.2 Å². The molecule has 1 aromatic rings. The molecule has 0 unspecified atom stereocenters. The highest BCUT2D eigenvalue weighted by Crippen LogP contribution is 2.22. The molecule has 0 bridgehead atoms. The van der Waals surface area contributed by atoms with E-state index in [1.807, 2.05) is 0 Å². The van der Waals surface area contributed by atoms with E-state index in [0.717, 1.165) is 0 Å². The standard InChI is InChI=1S/C10H12BrClN4O3S/c11-8-5-7(6-14-9(8)12)20(18,19)15-2-4-16-3-1-13-10(16)17/h5-6,15H,1-4H2,(H,13,17). The molecule has 1 saturated heterocycles. The zero-order chi connectivity index (χ0) is 14.8. The highest BCUT2D eigenvalue weighted by atomic mass is 79.9. The van der Waals surface area contributed by atoms with Gasteiger partial charge in [0.15, 0.2) is 0 Å². The second-order valence-electron chi connectivity index (χ2n) is 4.06. The number of amides is 2. The van der Waals surface area contributed by atoms with E-state index in [1.165, 1.54) is 12.3 Å². The number of sulfonamides is 1. The molecule has 10 heteroatoms. The Bertz CT molecular complexity index is 625. The summed E-state index contributed by atoms with van der Waals surface area (Å²) in [5.41, 5.74) is 0. The van der Waals surface area contributed by atoms with Crippen molar-refractivity contribution in [2.45, 2.75) is 4.90 Å². The molecule has 2 amide bonds. The van der Waals surface area contributed by atoms with Crippen molar-refractivity contribution in [3.05, 3.63) is 21.9 Å². The summed E-state index contributed by atoms with van der Waals surface area (Å²) in [5, 5.41) is 2.83. The topological polar surface area (TPSA) is 91.4 Å². The molecule has 1 fully saturated rings. The van der Waals surface area contributed by atoms with Crippen molar-refractivity contribution in [1.29, 1.82) is 0 Å². The number of carbonyl (C=O) groups excluding carboxylic acids is 1. The summed E-state index contributed by atoms with van der Waals surface area (Å²) in [6, 6.07) is 1.19. The Balaban J connectivity index is 1.96. The summed E-state index contributed by atoms with van der Waals surface area (Å²) in [7, 11) is -3.67. The predicted octanol–water partition coefficient (Wildman–Crippen LogP) is 0.801. The Morgan fingerprint density at radius 1 is 1.55 bits per heavy atom. The number of rotatable bonds is 5. The average molecular weight is 384 g/mol. The second kappa shape index (κ2) is 6.25. The first-order valence-corrected chi connectivity index (χ1v) is 8.39. The molecule has 0 aromatic carbocycles. The van der Waals surface area contributed by atoms with E-state index in [0.29, 0.717) is 24.1 Å². The number of pyridine rings is 1. The van der Waals surface area contributed by atoms with E-state index >= 15 is 0 Å². The van der Waals surface area contributed by atoms with Crippen LogP contribution in [0.2, 0.25) is 5.15 Å². The second-order valence-corrected chi connectivity index (χ2v) is 7.04. The van der Waals surface area contributed by atoms with Crippen molar-refractivity contribution < 1.29 is 13.2 Å². The van der Waals surface area contributed by atoms with Crippen LogP contribution in [-0.2, 0) is 10.0 Å². The molecule has 110 valence electrons. The molecule has 7 nitrogen and oxygen atoms in total. The highest BCUT2D eigenvalue weighted by Gasteiger charge is 2.20. The van der Waals surface area contributed by atoms with Gasteiger partial charge in [-0.15, -0.1) is 0 Å².